The number of rotatable bonds is 5. The Labute approximate surface area is 124 Å². The molecule has 9 heteroatoms. The van der Waals surface area contributed by atoms with Crippen molar-refractivity contribution in [3.05, 3.63) is 31.9 Å². The Morgan fingerprint density at radius 2 is 2.15 bits per heavy atom. The number of hydrogen-bond acceptors (Lipinski definition) is 6. The maximum absolute atomic E-state index is 12.1. The minimum Gasteiger partial charge on any atom is -0.477 e. The third-order valence-electron chi connectivity index (χ3n) is 2.48. The van der Waals surface area contributed by atoms with Crippen molar-refractivity contribution < 1.29 is 18.3 Å². The van der Waals surface area contributed by atoms with E-state index < -0.39 is 16.0 Å². The summed E-state index contributed by atoms with van der Waals surface area (Å²) >= 11 is 2.38. The van der Waals surface area contributed by atoms with Crippen LogP contribution in [0, 0.1) is 13.8 Å². The molecule has 0 atom stereocenters. The molecule has 0 aliphatic carbocycles. The first-order valence-corrected chi connectivity index (χ1v) is 8.72. The Balaban J connectivity index is 2.20. The Bertz CT molecular complexity index is 746. The molecule has 0 aliphatic rings. The van der Waals surface area contributed by atoms with Crippen LogP contribution in [0.15, 0.2) is 16.3 Å². The normalized spacial score (nSPS) is 11.7. The van der Waals surface area contributed by atoms with Crippen LogP contribution in [0.1, 0.15) is 25.3 Å². The van der Waals surface area contributed by atoms with Crippen molar-refractivity contribution >= 4 is 38.7 Å². The number of carboxylic acid groups (broad SMARTS) is 1. The SMILES string of the molecule is Cc1nc(CNS(=O)(=O)c2cc(C(=O)O)sc2C)cs1. The second kappa shape index (κ2) is 5.60. The summed E-state index contributed by atoms with van der Waals surface area (Å²) in [4.78, 5) is 15.5. The molecule has 108 valence electrons. The predicted molar refractivity (Wildman–Crippen MR) is 76.9 cm³/mol. The van der Waals surface area contributed by atoms with Gasteiger partial charge in [0.05, 0.1) is 22.1 Å². The van der Waals surface area contributed by atoms with E-state index in [1.165, 1.54) is 17.4 Å². The molecule has 20 heavy (non-hydrogen) atoms. The van der Waals surface area contributed by atoms with E-state index in [0.29, 0.717) is 10.6 Å². The predicted octanol–water partition coefficient (Wildman–Crippen LogP) is 2.00. The molecule has 0 saturated carbocycles. The van der Waals surface area contributed by atoms with Gasteiger partial charge in [0.1, 0.15) is 4.88 Å². The Hall–Kier alpha value is -1.29. The van der Waals surface area contributed by atoms with E-state index in [2.05, 4.69) is 9.71 Å². The third-order valence-corrected chi connectivity index (χ3v) is 6.00. The van der Waals surface area contributed by atoms with Crippen LogP contribution in [0.4, 0.5) is 0 Å². The number of aryl methyl sites for hydroxylation is 2. The number of aromatic nitrogens is 1. The summed E-state index contributed by atoms with van der Waals surface area (Å²) in [5.41, 5.74) is 0.641. The van der Waals surface area contributed by atoms with E-state index >= 15 is 0 Å². The van der Waals surface area contributed by atoms with E-state index in [0.717, 1.165) is 16.3 Å². The molecule has 2 aromatic heterocycles. The summed E-state index contributed by atoms with van der Waals surface area (Å²) in [6.45, 7) is 3.51. The number of thiophene rings is 1. The molecule has 0 fully saturated rings. The smallest absolute Gasteiger partial charge is 0.345 e. The fraction of sp³-hybridized carbons (Fsp3) is 0.273. The van der Waals surface area contributed by atoms with Gasteiger partial charge in [-0.15, -0.1) is 22.7 Å². The Morgan fingerprint density at radius 3 is 2.65 bits per heavy atom. The van der Waals surface area contributed by atoms with Crippen molar-refractivity contribution in [1.29, 1.82) is 0 Å². The minimum absolute atomic E-state index is 0.00634. The molecule has 0 saturated heterocycles. The van der Waals surface area contributed by atoms with Crippen molar-refractivity contribution in [1.82, 2.24) is 9.71 Å². The Kier molecular flexibility index (Phi) is 4.23. The number of carboxylic acids is 1. The molecular formula is C11H12N2O4S3. The average Bonchev–Trinajstić information content (AvgIpc) is 2.93. The zero-order chi connectivity index (χ0) is 14.9. The highest BCUT2D eigenvalue weighted by Crippen LogP contribution is 2.25. The van der Waals surface area contributed by atoms with Crippen LogP contribution in [-0.4, -0.2) is 24.5 Å². The largest absolute Gasteiger partial charge is 0.477 e. The van der Waals surface area contributed by atoms with Crippen LogP contribution in [0.5, 0.6) is 0 Å². The molecular weight excluding hydrogens is 320 g/mol. The summed E-state index contributed by atoms with van der Waals surface area (Å²) in [6, 6.07) is 1.18. The zero-order valence-corrected chi connectivity index (χ0v) is 13.2. The lowest BCUT2D eigenvalue weighted by atomic mass is 10.4. The highest BCUT2D eigenvalue weighted by Gasteiger charge is 2.22. The summed E-state index contributed by atoms with van der Waals surface area (Å²) in [7, 11) is -3.73. The van der Waals surface area contributed by atoms with Crippen LogP contribution in [-0.2, 0) is 16.6 Å². The van der Waals surface area contributed by atoms with Gasteiger partial charge in [-0.1, -0.05) is 0 Å². The number of thiazole rings is 1. The van der Waals surface area contributed by atoms with E-state index in [9.17, 15) is 13.2 Å². The molecule has 0 radical (unpaired) electrons. The fourth-order valence-corrected chi connectivity index (χ4v) is 4.61. The van der Waals surface area contributed by atoms with Gasteiger partial charge in [0.2, 0.25) is 10.0 Å². The topological polar surface area (TPSA) is 96.4 Å². The van der Waals surface area contributed by atoms with Gasteiger partial charge in [0.25, 0.3) is 0 Å². The summed E-state index contributed by atoms with van der Waals surface area (Å²) < 4.78 is 26.7. The van der Waals surface area contributed by atoms with Crippen LogP contribution >= 0.6 is 22.7 Å². The molecule has 0 bridgehead atoms. The van der Waals surface area contributed by atoms with Gasteiger partial charge >= 0.3 is 5.97 Å². The van der Waals surface area contributed by atoms with Crippen LogP contribution in [0.2, 0.25) is 0 Å². The average molecular weight is 332 g/mol. The highest BCUT2D eigenvalue weighted by molar-refractivity contribution is 7.89. The number of hydrogen-bond donors (Lipinski definition) is 2. The Morgan fingerprint density at radius 1 is 1.45 bits per heavy atom. The van der Waals surface area contributed by atoms with Gasteiger partial charge in [-0.2, -0.15) is 0 Å². The van der Waals surface area contributed by atoms with Gasteiger partial charge in [0.15, 0.2) is 0 Å². The van der Waals surface area contributed by atoms with E-state index in [1.54, 1.807) is 12.3 Å². The maximum Gasteiger partial charge on any atom is 0.345 e. The molecule has 0 aliphatic heterocycles. The monoisotopic (exact) mass is 332 g/mol. The molecule has 2 heterocycles. The third kappa shape index (κ3) is 3.23. The quantitative estimate of drug-likeness (QED) is 0.873. The second-order valence-electron chi connectivity index (χ2n) is 4.02. The van der Waals surface area contributed by atoms with Crippen molar-refractivity contribution in [2.45, 2.75) is 25.3 Å². The number of nitrogens with zero attached hydrogens (tertiary/aromatic N) is 1. The lowest BCUT2D eigenvalue weighted by molar-refractivity contribution is 0.0702. The highest BCUT2D eigenvalue weighted by atomic mass is 32.2. The minimum atomic E-state index is -3.73. The van der Waals surface area contributed by atoms with Crippen molar-refractivity contribution in [3.63, 3.8) is 0 Å². The van der Waals surface area contributed by atoms with Crippen molar-refractivity contribution in [2.24, 2.45) is 0 Å². The van der Waals surface area contributed by atoms with Crippen molar-refractivity contribution in [2.75, 3.05) is 0 Å². The molecule has 0 amide bonds. The summed E-state index contributed by atoms with van der Waals surface area (Å²) in [6.07, 6.45) is 0. The summed E-state index contributed by atoms with van der Waals surface area (Å²) in [5, 5.41) is 11.5. The number of sulfonamides is 1. The second-order valence-corrected chi connectivity index (χ2v) is 8.07. The maximum atomic E-state index is 12.1. The van der Waals surface area contributed by atoms with Crippen LogP contribution in [0.25, 0.3) is 0 Å². The van der Waals surface area contributed by atoms with Crippen LogP contribution < -0.4 is 4.72 Å². The van der Waals surface area contributed by atoms with Gasteiger partial charge in [-0.25, -0.2) is 22.9 Å². The number of nitrogens with one attached hydrogen (secondary N) is 1. The standard InChI is InChI=1S/C11H12N2O4S3/c1-6-10(3-9(19-6)11(14)15)20(16,17)12-4-8-5-18-7(2)13-8/h3,5,12H,4H2,1-2H3,(H,14,15). The molecule has 2 N–H and O–H groups in total. The molecule has 2 rings (SSSR count). The number of aromatic carboxylic acids is 1. The number of carbonyl (C=O) groups is 1. The fourth-order valence-electron chi connectivity index (χ4n) is 1.57. The molecule has 0 aromatic carbocycles. The first-order chi connectivity index (χ1) is 9.29. The van der Waals surface area contributed by atoms with Gasteiger partial charge in [-0.05, 0) is 19.9 Å². The van der Waals surface area contributed by atoms with E-state index in [4.69, 9.17) is 5.11 Å². The van der Waals surface area contributed by atoms with Gasteiger partial charge in [-0.3, -0.25) is 0 Å². The van der Waals surface area contributed by atoms with Gasteiger partial charge < -0.3 is 5.11 Å². The molecule has 0 spiro atoms. The zero-order valence-electron chi connectivity index (χ0n) is 10.7. The first-order valence-electron chi connectivity index (χ1n) is 5.54. The molecule has 2 aromatic rings. The molecule has 0 unspecified atom stereocenters. The molecule has 6 nitrogen and oxygen atoms in total. The van der Waals surface area contributed by atoms with Crippen molar-refractivity contribution in [3.8, 4) is 0 Å². The van der Waals surface area contributed by atoms with E-state index in [1.807, 2.05) is 6.92 Å². The van der Waals surface area contributed by atoms with Gasteiger partial charge in [0, 0.05) is 10.3 Å². The lowest BCUT2D eigenvalue weighted by Crippen LogP contribution is -2.23. The first kappa shape index (κ1) is 15.1. The van der Waals surface area contributed by atoms with E-state index in [-0.39, 0.29) is 16.3 Å². The lowest BCUT2D eigenvalue weighted by Gasteiger charge is -2.04. The summed E-state index contributed by atoms with van der Waals surface area (Å²) in [5.74, 6) is -1.13. The van der Waals surface area contributed by atoms with Crippen LogP contribution in [0.3, 0.4) is 0 Å².